The zero-order valence-electron chi connectivity index (χ0n) is 21.4. The molecule has 3 fully saturated rings. The van der Waals surface area contributed by atoms with E-state index < -0.39 is 35.0 Å². The van der Waals surface area contributed by atoms with Gasteiger partial charge in [0.2, 0.25) is 11.8 Å². The number of hydrogen-bond donors (Lipinski definition) is 1. The lowest BCUT2D eigenvalue weighted by atomic mass is 9.65. The minimum atomic E-state index is -1.07. The topological polar surface area (TPSA) is 96.4 Å². The number of hydrogen-bond acceptors (Lipinski definition) is 6. The van der Waals surface area contributed by atoms with Crippen LogP contribution >= 0.6 is 0 Å². The summed E-state index contributed by atoms with van der Waals surface area (Å²) in [5.41, 5.74) is -0.897. The molecule has 0 radical (unpaired) electrons. The highest BCUT2D eigenvalue weighted by molar-refractivity contribution is 5.98. The Morgan fingerprint density at radius 1 is 1.25 bits per heavy atom. The molecule has 2 bridgehead atoms. The van der Waals surface area contributed by atoms with Crippen molar-refractivity contribution in [1.29, 1.82) is 0 Å². The molecule has 0 aliphatic carbocycles. The fourth-order valence-electron chi connectivity index (χ4n) is 6.59. The molecule has 5 atom stereocenters. The largest absolute Gasteiger partial charge is 0.466 e. The Labute approximate surface area is 213 Å². The molecular formula is C28H38N2O6. The standard InChI is InChI=1S/C28H38N2O6/c1-4-16-29(19-20-12-8-7-9-13-20)25(33)23-28-15-14-27(5-2,36-28)22(26(34)35-6-3)21(28)24(32)30(23)17-10-11-18-31/h4,7-9,12-13,21-23,31H,1,5-6,10-11,14-19H2,2-3H3/t21-,22-,23?,27+,28?/m0/s1. The number of ether oxygens (including phenoxy) is 2. The molecule has 2 unspecified atom stereocenters. The number of likely N-dealkylation sites (tertiary alicyclic amines) is 1. The Bertz CT molecular complexity index is 984. The second kappa shape index (κ2) is 10.7. The fraction of sp³-hybridized carbons (Fsp3) is 0.607. The molecule has 196 valence electrons. The van der Waals surface area contributed by atoms with Gasteiger partial charge in [-0.3, -0.25) is 14.4 Å². The Morgan fingerprint density at radius 3 is 2.64 bits per heavy atom. The molecule has 0 saturated carbocycles. The summed E-state index contributed by atoms with van der Waals surface area (Å²) >= 11 is 0. The second-order valence-electron chi connectivity index (χ2n) is 10.0. The van der Waals surface area contributed by atoms with Crippen LogP contribution in [0.25, 0.3) is 0 Å². The van der Waals surface area contributed by atoms with E-state index in [-0.39, 0.29) is 25.0 Å². The highest BCUT2D eigenvalue weighted by Crippen LogP contribution is 2.64. The quantitative estimate of drug-likeness (QED) is 0.270. The van der Waals surface area contributed by atoms with E-state index >= 15 is 0 Å². The number of aliphatic hydroxyl groups is 1. The molecule has 4 rings (SSSR count). The van der Waals surface area contributed by atoms with Crippen LogP contribution in [0.3, 0.4) is 0 Å². The smallest absolute Gasteiger partial charge is 0.312 e. The van der Waals surface area contributed by atoms with Crippen LogP contribution in [0.4, 0.5) is 0 Å². The number of benzene rings is 1. The Balaban J connectivity index is 1.74. The van der Waals surface area contributed by atoms with Crippen LogP contribution in [0.1, 0.15) is 51.5 Å². The fourth-order valence-corrected chi connectivity index (χ4v) is 6.59. The number of fused-ring (bicyclic) bond motifs is 1. The number of carbonyl (C=O) groups is 3. The molecule has 3 aliphatic rings. The van der Waals surface area contributed by atoms with Crippen LogP contribution in [0.15, 0.2) is 43.0 Å². The lowest BCUT2D eigenvalue weighted by Crippen LogP contribution is -2.56. The van der Waals surface area contributed by atoms with Gasteiger partial charge in [0, 0.05) is 26.2 Å². The number of carbonyl (C=O) groups excluding carboxylic acids is 3. The summed E-state index contributed by atoms with van der Waals surface area (Å²) in [5, 5.41) is 9.33. The number of amides is 2. The van der Waals surface area contributed by atoms with Crippen molar-refractivity contribution in [1.82, 2.24) is 9.80 Å². The molecule has 3 saturated heterocycles. The highest BCUT2D eigenvalue weighted by Gasteiger charge is 2.79. The van der Waals surface area contributed by atoms with E-state index in [1.54, 1.807) is 22.8 Å². The van der Waals surface area contributed by atoms with Gasteiger partial charge in [-0.2, -0.15) is 0 Å². The van der Waals surface area contributed by atoms with Crippen molar-refractivity contribution in [2.45, 2.75) is 69.7 Å². The molecule has 0 aromatic heterocycles. The molecule has 8 heteroatoms. The molecule has 3 heterocycles. The van der Waals surface area contributed by atoms with E-state index in [4.69, 9.17) is 9.47 Å². The zero-order valence-corrected chi connectivity index (χ0v) is 21.4. The third kappa shape index (κ3) is 4.24. The molecular weight excluding hydrogens is 460 g/mol. The van der Waals surface area contributed by atoms with Crippen LogP contribution in [0, 0.1) is 11.8 Å². The van der Waals surface area contributed by atoms with Crippen LogP contribution < -0.4 is 0 Å². The van der Waals surface area contributed by atoms with Gasteiger partial charge in [-0.05, 0) is 44.6 Å². The third-order valence-corrected chi connectivity index (χ3v) is 8.14. The van der Waals surface area contributed by atoms with Crippen LogP contribution in [0.2, 0.25) is 0 Å². The first-order valence-electron chi connectivity index (χ1n) is 13.1. The van der Waals surface area contributed by atoms with E-state index in [1.165, 1.54) is 0 Å². The number of aliphatic hydroxyl groups excluding tert-OH is 1. The summed E-state index contributed by atoms with van der Waals surface area (Å²) < 4.78 is 12.2. The van der Waals surface area contributed by atoms with Gasteiger partial charge in [-0.1, -0.05) is 43.3 Å². The monoisotopic (exact) mass is 498 g/mol. The maximum absolute atomic E-state index is 14.3. The van der Waals surface area contributed by atoms with Gasteiger partial charge in [0.05, 0.1) is 18.1 Å². The summed E-state index contributed by atoms with van der Waals surface area (Å²) in [7, 11) is 0. The predicted octanol–water partition coefficient (Wildman–Crippen LogP) is 2.69. The van der Waals surface area contributed by atoms with E-state index in [1.807, 2.05) is 37.3 Å². The van der Waals surface area contributed by atoms with Crippen molar-refractivity contribution < 1.29 is 29.0 Å². The Kier molecular flexibility index (Phi) is 7.85. The van der Waals surface area contributed by atoms with E-state index in [2.05, 4.69) is 6.58 Å². The van der Waals surface area contributed by atoms with Crippen molar-refractivity contribution in [2.75, 3.05) is 26.3 Å². The lowest BCUT2D eigenvalue weighted by molar-refractivity contribution is -0.161. The van der Waals surface area contributed by atoms with E-state index in [0.717, 1.165) is 5.56 Å². The van der Waals surface area contributed by atoms with Gasteiger partial charge >= 0.3 is 5.97 Å². The molecule has 2 amide bonds. The number of esters is 1. The molecule has 1 N–H and O–H groups in total. The van der Waals surface area contributed by atoms with E-state index in [0.29, 0.717) is 51.7 Å². The molecule has 1 spiro atoms. The molecule has 1 aromatic carbocycles. The van der Waals surface area contributed by atoms with E-state index in [9.17, 15) is 19.5 Å². The first-order valence-corrected chi connectivity index (χ1v) is 13.1. The summed E-state index contributed by atoms with van der Waals surface area (Å²) in [6.07, 6.45) is 4.46. The first-order chi connectivity index (χ1) is 17.4. The first kappa shape index (κ1) is 26.4. The SMILES string of the molecule is C=CCN(Cc1ccccc1)C(=O)C1N(CCCCO)C(=O)[C@@H]2[C@@H](C(=O)OCC)[C@@]3(CC)CCC12O3. The molecule has 36 heavy (non-hydrogen) atoms. The Morgan fingerprint density at radius 2 is 2.00 bits per heavy atom. The highest BCUT2D eigenvalue weighted by atomic mass is 16.6. The van der Waals surface area contributed by atoms with Crippen LogP contribution in [-0.2, 0) is 30.4 Å². The summed E-state index contributed by atoms with van der Waals surface area (Å²) in [6.45, 7) is 8.80. The average molecular weight is 499 g/mol. The van der Waals surface area contributed by atoms with Gasteiger partial charge in [-0.15, -0.1) is 6.58 Å². The van der Waals surface area contributed by atoms with Crippen molar-refractivity contribution in [2.24, 2.45) is 11.8 Å². The average Bonchev–Trinajstić information content (AvgIpc) is 3.48. The summed E-state index contributed by atoms with van der Waals surface area (Å²) in [5.74, 6) is -2.33. The number of unbranched alkanes of at least 4 members (excludes halogenated alkanes) is 1. The van der Waals surface area contributed by atoms with Gasteiger partial charge in [0.15, 0.2) is 0 Å². The van der Waals surface area contributed by atoms with Crippen LogP contribution in [-0.4, -0.2) is 76.2 Å². The number of rotatable bonds is 12. The maximum Gasteiger partial charge on any atom is 0.312 e. The second-order valence-corrected chi connectivity index (χ2v) is 10.0. The van der Waals surface area contributed by atoms with Crippen molar-refractivity contribution in [3.63, 3.8) is 0 Å². The van der Waals surface area contributed by atoms with Gasteiger partial charge in [-0.25, -0.2) is 0 Å². The molecule has 8 nitrogen and oxygen atoms in total. The van der Waals surface area contributed by atoms with Crippen molar-refractivity contribution >= 4 is 17.8 Å². The summed E-state index contributed by atoms with van der Waals surface area (Å²) in [4.78, 5) is 44.8. The number of nitrogens with zero attached hydrogens (tertiary/aromatic N) is 2. The maximum atomic E-state index is 14.3. The third-order valence-electron chi connectivity index (χ3n) is 8.14. The van der Waals surface area contributed by atoms with Crippen molar-refractivity contribution in [3.8, 4) is 0 Å². The predicted molar refractivity (Wildman–Crippen MR) is 134 cm³/mol. The summed E-state index contributed by atoms with van der Waals surface area (Å²) in [6, 6.07) is 8.86. The Hall–Kier alpha value is -2.71. The van der Waals surface area contributed by atoms with Gasteiger partial charge in [0.1, 0.15) is 17.6 Å². The lowest BCUT2D eigenvalue weighted by Gasteiger charge is -2.37. The zero-order chi connectivity index (χ0) is 25.9. The van der Waals surface area contributed by atoms with Crippen molar-refractivity contribution in [3.05, 3.63) is 48.6 Å². The molecule has 3 aliphatic heterocycles. The van der Waals surface area contributed by atoms with Gasteiger partial charge < -0.3 is 24.4 Å². The molecule has 1 aromatic rings. The minimum Gasteiger partial charge on any atom is -0.466 e. The normalized spacial score (nSPS) is 30.4. The minimum absolute atomic E-state index is 0.00665. The van der Waals surface area contributed by atoms with Crippen LogP contribution in [0.5, 0.6) is 0 Å². The van der Waals surface area contributed by atoms with Gasteiger partial charge in [0.25, 0.3) is 0 Å².